The lowest BCUT2D eigenvalue weighted by Crippen LogP contribution is -2.16. The summed E-state index contributed by atoms with van der Waals surface area (Å²) in [7, 11) is 1.96. The molecule has 0 fully saturated rings. The number of nitrogens with one attached hydrogen (secondary N) is 1. The molecule has 0 aliphatic rings. The molecule has 4 nitrogen and oxygen atoms in total. The summed E-state index contributed by atoms with van der Waals surface area (Å²) < 4.78 is 7.54. The van der Waals surface area contributed by atoms with Crippen LogP contribution in [0.25, 0.3) is 0 Å². The van der Waals surface area contributed by atoms with Gasteiger partial charge in [0.05, 0.1) is 6.26 Å². The molecule has 0 bridgehead atoms. The van der Waals surface area contributed by atoms with Crippen molar-refractivity contribution in [3.63, 3.8) is 0 Å². The molecule has 0 aliphatic carbocycles. The number of nitrogens with zero attached hydrogens (tertiary/aromatic N) is 2. The Morgan fingerprint density at radius 1 is 1.29 bits per heavy atom. The minimum Gasteiger partial charge on any atom is -0.467 e. The van der Waals surface area contributed by atoms with Crippen molar-refractivity contribution in [1.82, 2.24) is 9.55 Å². The fraction of sp³-hybridized carbons (Fsp3) is 0.188. The lowest BCUT2D eigenvalue weighted by Gasteiger charge is -2.19. The first-order valence-electron chi connectivity index (χ1n) is 6.69. The predicted molar refractivity (Wildman–Crippen MR) is 83.6 cm³/mol. The van der Waals surface area contributed by atoms with Crippen molar-refractivity contribution in [2.24, 2.45) is 7.05 Å². The molecule has 1 unspecified atom stereocenters. The van der Waals surface area contributed by atoms with Gasteiger partial charge in [-0.05, 0) is 36.8 Å². The van der Waals surface area contributed by atoms with Crippen LogP contribution in [-0.4, -0.2) is 9.55 Å². The smallest absolute Gasteiger partial charge is 0.143 e. The number of benzene rings is 1. The van der Waals surface area contributed by atoms with Gasteiger partial charge in [-0.1, -0.05) is 17.7 Å². The van der Waals surface area contributed by atoms with Crippen LogP contribution in [0, 0.1) is 6.92 Å². The molecule has 3 rings (SSSR count). The highest BCUT2D eigenvalue weighted by atomic mass is 35.5. The zero-order chi connectivity index (χ0) is 14.8. The van der Waals surface area contributed by atoms with Crippen molar-refractivity contribution >= 4 is 17.3 Å². The largest absolute Gasteiger partial charge is 0.467 e. The summed E-state index contributed by atoms with van der Waals surface area (Å²) in [5.74, 6) is 1.69. The van der Waals surface area contributed by atoms with Crippen LogP contribution in [0.4, 0.5) is 5.69 Å². The Kier molecular flexibility index (Phi) is 3.71. The van der Waals surface area contributed by atoms with Crippen molar-refractivity contribution in [2.45, 2.75) is 13.0 Å². The molecule has 3 aromatic rings. The molecule has 21 heavy (non-hydrogen) atoms. The second-order valence-electron chi connectivity index (χ2n) is 4.90. The summed E-state index contributed by atoms with van der Waals surface area (Å²) in [6, 6.07) is 9.45. The van der Waals surface area contributed by atoms with Crippen LogP contribution in [0.1, 0.15) is 23.2 Å². The fourth-order valence-electron chi connectivity index (χ4n) is 2.29. The van der Waals surface area contributed by atoms with Gasteiger partial charge in [0.15, 0.2) is 0 Å². The van der Waals surface area contributed by atoms with E-state index in [4.69, 9.17) is 16.0 Å². The van der Waals surface area contributed by atoms with E-state index in [1.807, 2.05) is 55.1 Å². The molecule has 2 aromatic heterocycles. The fourth-order valence-corrected chi connectivity index (χ4v) is 2.47. The number of imidazole rings is 1. The molecule has 108 valence electrons. The quantitative estimate of drug-likeness (QED) is 0.786. The number of hydrogen-bond donors (Lipinski definition) is 1. The first-order valence-corrected chi connectivity index (χ1v) is 7.07. The zero-order valence-electron chi connectivity index (χ0n) is 11.9. The van der Waals surface area contributed by atoms with Crippen molar-refractivity contribution in [1.29, 1.82) is 0 Å². The summed E-state index contributed by atoms with van der Waals surface area (Å²) in [5, 5.41) is 4.21. The number of rotatable bonds is 4. The highest BCUT2D eigenvalue weighted by molar-refractivity contribution is 6.31. The molecule has 0 saturated carbocycles. The molecule has 1 atom stereocenters. The highest BCUT2D eigenvalue weighted by Gasteiger charge is 2.21. The van der Waals surface area contributed by atoms with E-state index in [0.29, 0.717) is 0 Å². The summed E-state index contributed by atoms with van der Waals surface area (Å²) in [6.45, 7) is 1.99. The number of hydrogen-bond acceptors (Lipinski definition) is 3. The second-order valence-corrected chi connectivity index (χ2v) is 5.31. The van der Waals surface area contributed by atoms with Crippen LogP contribution in [0.3, 0.4) is 0 Å². The number of anilines is 1. The number of furan rings is 1. The highest BCUT2D eigenvalue weighted by Crippen LogP contribution is 2.30. The van der Waals surface area contributed by atoms with Crippen LogP contribution in [-0.2, 0) is 7.05 Å². The van der Waals surface area contributed by atoms with Crippen molar-refractivity contribution in [3.05, 3.63) is 71.2 Å². The summed E-state index contributed by atoms with van der Waals surface area (Å²) in [6.07, 6.45) is 5.35. The monoisotopic (exact) mass is 301 g/mol. The van der Waals surface area contributed by atoms with E-state index >= 15 is 0 Å². The maximum absolute atomic E-state index is 6.19. The van der Waals surface area contributed by atoms with E-state index in [1.54, 1.807) is 12.5 Å². The van der Waals surface area contributed by atoms with E-state index in [0.717, 1.165) is 27.9 Å². The van der Waals surface area contributed by atoms with Crippen molar-refractivity contribution < 1.29 is 4.42 Å². The van der Waals surface area contributed by atoms with Gasteiger partial charge in [-0.2, -0.15) is 0 Å². The Bertz CT molecular complexity index is 734. The lowest BCUT2D eigenvalue weighted by atomic mass is 10.1. The first-order chi connectivity index (χ1) is 10.2. The van der Waals surface area contributed by atoms with Crippen LogP contribution in [0.2, 0.25) is 5.02 Å². The number of aryl methyl sites for hydroxylation is 1. The normalized spacial score (nSPS) is 12.3. The lowest BCUT2D eigenvalue weighted by molar-refractivity contribution is 0.488. The van der Waals surface area contributed by atoms with E-state index in [1.165, 1.54) is 0 Å². The molecular formula is C16H16ClN3O. The predicted octanol–water partition coefficient (Wildman–Crippen LogP) is 4.18. The molecule has 0 saturated heterocycles. The summed E-state index contributed by atoms with van der Waals surface area (Å²) in [5.41, 5.74) is 1.97. The third-order valence-electron chi connectivity index (χ3n) is 3.51. The molecule has 2 heterocycles. The summed E-state index contributed by atoms with van der Waals surface area (Å²) >= 11 is 6.19. The molecule has 5 heteroatoms. The SMILES string of the molecule is Cc1c(Cl)cccc1NC(c1ccco1)c1nccn1C. The maximum atomic E-state index is 6.19. The topological polar surface area (TPSA) is 43.0 Å². The third kappa shape index (κ3) is 2.67. The first kappa shape index (κ1) is 13.8. The van der Waals surface area contributed by atoms with E-state index in [-0.39, 0.29) is 6.04 Å². The molecule has 0 spiro atoms. The van der Waals surface area contributed by atoms with Gasteiger partial charge in [0, 0.05) is 30.2 Å². The Morgan fingerprint density at radius 2 is 2.14 bits per heavy atom. The molecule has 1 aromatic carbocycles. The molecule has 0 radical (unpaired) electrons. The van der Waals surface area contributed by atoms with Gasteiger partial charge >= 0.3 is 0 Å². The molecule has 0 aliphatic heterocycles. The number of aromatic nitrogens is 2. The van der Waals surface area contributed by atoms with Gasteiger partial charge < -0.3 is 14.3 Å². The van der Waals surface area contributed by atoms with Gasteiger partial charge in [0.1, 0.15) is 17.6 Å². The zero-order valence-corrected chi connectivity index (χ0v) is 12.6. The van der Waals surface area contributed by atoms with Gasteiger partial charge in [-0.15, -0.1) is 0 Å². The second kappa shape index (κ2) is 5.66. The van der Waals surface area contributed by atoms with Gasteiger partial charge in [0.2, 0.25) is 0 Å². The van der Waals surface area contributed by atoms with Crippen LogP contribution in [0.15, 0.2) is 53.4 Å². The van der Waals surface area contributed by atoms with E-state index < -0.39 is 0 Å². The molecule has 0 amide bonds. The minimum atomic E-state index is -0.169. The van der Waals surface area contributed by atoms with Crippen LogP contribution < -0.4 is 5.32 Å². The van der Waals surface area contributed by atoms with Crippen LogP contribution in [0.5, 0.6) is 0 Å². The van der Waals surface area contributed by atoms with Gasteiger partial charge in [-0.3, -0.25) is 0 Å². The van der Waals surface area contributed by atoms with Gasteiger partial charge in [0.25, 0.3) is 0 Å². The minimum absolute atomic E-state index is 0.169. The van der Waals surface area contributed by atoms with E-state index in [9.17, 15) is 0 Å². The van der Waals surface area contributed by atoms with Crippen molar-refractivity contribution in [3.8, 4) is 0 Å². The molecular weight excluding hydrogens is 286 g/mol. The molecule has 1 N–H and O–H groups in total. The maximum Gasteiger partial charge on any atom is 0.143 e. The Morgan fingerprint density at radius 3 is 2.81 bits per heavy atom. The average Bonchev–Trinajstić information content (AvgIpc) is 3.12. The third-order valence-corrected chi connectivity index (χ3v) is 3.92. The van der Waals surface area contributed by atoms with Gasteiger partial charge in [-0.25, -0.2) is 4.98 Å². The number of halogens is 1. The Labute approximate surface area is 128 Å². The van der Waals surface area contributed by atoms with E-state index in [2.05, 4.69) is 10.3 Å². The standard InChI is InChI=1S/C16H16ClN3O/c1-11-12(17)5-3-6-13(11)19-15(14-7-4-10-21-14)16-18-8-9-20(16)2/h3-10,15,19H,1-2H3. The van der Waals surface area contributed by atoms with Crippen molar-refractivity contribution in [2.75, 3.05) is 5.32 Å². The Balaban J connectivity index is 2.01. The average molecular weight is 302 g/mol. The summed E-state index contributed by atoms with van der Waals surface area (Å²) in [4.78, 5) is 4.43. The Hall–Kier alpha value is -2.20. The van der Waals surface area contributed by atoms with Crippen LogP contribution >= 0.6 is 11.6 Å².